The first-order valence-electron chi connectivity index (χ1n) is 7.34. The number of hydrogen-bond donors (Lipinski definition) is 2. The van der Waals surface area contributed by atoms with Gasteiger partial charge in [0.15, 0.2) is 11.6 Å². The summed E-state index contributed by atoms with van der Waals surface area (Å²) in [6.45, 7) is 0. The lowest BCUT2D eigenvalue weighted by Crippen LogP contribution is -2.19. The molecule has 132 valence electrons. The van der Waals surface area contributed by atoms with Crippen LogP contribution in [0.5, 0.6) is 0 Å². The summed E-state index contributed by atoms with van der Waals surface area (Å²) in [5, 5.41) is 1.75. The number of rotatable bonds is 5. The predicted molar refractivity (Wildman–Crippen MR) is 86.3 cm³/mol. The molecule has 0 aromatic heterocycles. The highest BCUT2D eigenvalue weighted by atomic mass is 32.2. The van der Waals surface area contributed by atoms with Crippen LogP contribution in [0.25, 0.3) is 0 Å². The second-order valence-electron chi connectivity index (χ2n) is 5.62. The van der Waals surface area contributed by atoms with Gasteiger partial charge in [-0.3, -0.25) is 9.52 Å². The molecule has 25 heavy (non-hydrogen) atoms. The van der Waals surface area contributed by atoms with Gasteiger partial charge in [0.25, 0.3) is 5.91 Å². The molecule has 2 N–H and O–H groups in total. The zero-order valence-corrected chi connectivity index (χ0v) is 13.5. The summed E-state index contributed by atoms with van der Waals surface area (Å²) in [7, 11) is -3.56. The molecule has 1 saturated carbocycles. The molecule has 0 radical (unpaired) electrons. The molecule has 2 aromatic carbocycles. The third kappa shape index (κ3) is 3.93. The molecule has 9 heteroatoms. The minimum atomic E-state index is -3.56. The predicted octanol–water partition coefficient (Wildman–Crippen LogP) is 3.26. The lowest BCUT2D eigenvalue weighted by Gasteiger charge is -2.10. The Kier molecular flexibility index (Phi) is 4.42. The Labute approximate surface area is 141 Å². The lowest BCUT2D eigenvalue weighted by molar-refractivity contribution is 0.102. The molecule has 2 aromatic rings. The Hall–Kier alpha value is -2.55. The van der Waals surface area contributed by atoms with E-state index in [0.717, 1.165) is 30.3 Å². The molecule has 1 aliphatic rings. The van der Waals surface area contributed by atoms with Gasteiger partial charge in [0.05, 0.1) is 10.8 Å². The quantitative estimate of drug-likeness (QED) is 0.848. The van der Waals surface area contributed by atoms with Crippen molar-refractivity contribution in [3.8, 4) is 0 Å². The van der Waals surface area contributed by atoms with E-state index < -0.39 is 44.2 Å². The molecule has 0 unspecified atom stereocenters. The molecule has 0 atom stereocenters. The molecule has 5 nitrogen and oxygen atoms in total. The van der Waals surface area contributed by atoms with Crippen LogP contribution in [-0.4, -0.2) is 19.6 Å². The fraction of sp³-hybridized carbons (Fsp3) is 0.188. The number of hydrogen-bond acceptors (Lipinski definition) is 3. The first-order chi connectivity index (χ1) is 11.8. The van der Waals surface area contributed by atoms with Gasteiger partial charge in [-0.05, 0) is 43.2 Å². The van der Waals surface area contributed by atoms with E-state index in [1.807, 2.05) is 0 Å². The Bertz CT molecular complexity index is 944. The Morgan fingerprint density at radius 1 is 0.920 bits per heavy atom. The first kappa shape index (κ1) is 17.3. The van der Waals surface area contributed by atoms with Crippen LogP contribution in [0.3, 0.4) is 0 Å². The van der Waals surface area contributed by atoms with Crippen molar-refractivity contribution in [2.24, 2.45) is 0 Å². The third-order valence-electron chi connectivity index (χ3n) is 3.61. The highest BCUT2D eigenvalue weighted by Crippen LogP contribution is 2.30. The molecule has 0 saturated heterocycles. The van der Waals surface area contributed by atoms with Crippen LogP contribution >= 0.6 is 0 Å². The van der Waals surface area contributed by atoms with E-state index in [-0.39, 0.29) is 11.4 Å². The maximum Gasteiger partial charge on any atom is 0.258 e. The van der Waals surface area contributed by atoms with E-state index in [1.165, 1.54) is 6.07 Å². The summed E-state index contributed by atoms with van der Waals surface area (Å²) in [5.74, 6) is -4.05. The standard InChI is InChI=1S/C16H13F3N2O3S/c17-13-5-2-10(21-25(23,24)11-3-4-11)7-12(13)16(22)20-9-1-6-14(18)15(19)8-9/h1-2,5-8,11,21H,3-4H2,(H,20,22). The van der Waals surface area contributed by atoms with E-state index >= 15 is 0 Å². The number of carbonyl (C=O) groups excluding carboxylic acids is 1. The summed E-state index contributed by atoms with van der Waals surface area (Å²) in [4.78, 5) is 12.2. The maximum absolute atomic E-state index is 13.9. The summed E-state index contributed by atoms with van der Waals surface area (Å²) in [5.41, 5.74) is -0.447. The van der Waals surface area contributed by atoms with Crippen LogP contribution in [0.4, 0.5) is 24.5 Å². The molecule has 1 aliphatic carbocycles. The Balaban J connectivity index is 1.81. The Morgan fingerprint density at radius 3 is 2.20 bits per heavy atom. The average molecular weight is 370 g/mol. The normalized spacial score (nSPS) is 14.2. The van der Waals surface area contributed by atoms with Crippen molar-refractivity contribution in [1.82, 2.24) is 0 Å². The lowest BCUT2D eigenvalue weighted by atomic mass is 10.1. The Morgan fingerprint density at radius 2 is 1.56 bits per heavy atom. The highest BCUT2D eigenvalue weighted by Gasteiger charge is 2.35. The van der Waals surface area contributed by atoms with Crippen molar-refractivity contribution >= 4 is 27.3 Å². The molecule has 1 fully saturated rings. The van der Waals surface area contributed by atoms with E-state index in [4.69, 9.17) is 0 Å². The summed E-state index contributed by atoms with van der Waals surface area (Å²) in [6.07, 6.45) is 1.11. The fourth-order valence-electron chi connectivity index (χ4n) is 2.16. The smallest absolute Gasteiger partial charge is 0.258 e. The zero-order chi connectivity index (χ0) is 18.2. The summed E-state index contributed by atoms with van der Waals surface area (Å²) in [6, 6.07) is 5.89. The van der Waals surface area contributed by atoms with Crippen molar-refractivity contribution in [2.75, 3.05) is 10.0 Å². The van der Waals surface area contributed by atoms with Crippen LogP contribution in [-0.2, 0) is 10.0 Å². The monoisotopic (exact) mass is 370 g/mol. The van der Waals surface area contributed by atoms with Crippen LogP contribution in [0, 0.1) is 17.5 Å². The van der Waals surface area contributed by atoms with Crippen molar-refractivity contribution in [2.45, 2.75) is 18.1 Å². The van der Waals surface area contributed by atoms with Crippen LogP contribution in [0.15, 0.2) is 36.4 Å². The number of amides is 1. The van der Waals surface area contributed by atoms with Crippen LogP contribution in [0.1, 0.15) is 23.2 Å². The first-order valence-corrected chi connectivity index (χ1v) is 8.88. The molecule has 3 rings (SSSR count). The maximum atomic E-state index is 13.9. The molecule has 0 heterocycles. The fourth-order valence-corrected chi connectivity index (χ4v) is 3.54. The van der Waals surface area contributed by atoms with Gasteiger partial charge in [0.1, 0.15) is 5.82 Å². The van der Waals surface area contributed by atoms with E-state index in [0.29, 0.717) is 12.8 Å². The second-order valence-corrected chi connectivity index (χ2v) is 7.58. The van der Waals surface area contributed by atoms with Crippen LogP contribution in [0.2, 0.25) is 0 Å². The van der Waals surface area contributed by atoms with Gasteiger partial charge < -0.3 is 5.32 Å². The van der Waals surface area contributed by atoms with Crippen molar-refractivity contribution in [3.05, 3.63) is 59.4 Å². The van der Waals surface area contributed by atoms with Gasteiger partial charge in [-0.15, -0.1) is 0 Å². The minimum Gasteiger partial charge on any atom is -0.322 e. The van der Waals surface area contributed by atoms with Crippen molar-refractivity contribution < 1.29 is 26.4 Å². The van der Waals surface area contributed by atoms with Gasteiger partial charge in [-0.1, -0.05) is 0 Å². The molecule has 1 amide bonds. The largest absolute Gasteiger partial charge is 0.322 e. The van der Waals surface area contributed by atoms with Crippen molar-refractivity contribution in [3.63, 3.8) is 0 Å². The van der Waals surface area contributed by atoms with E-state index in [1.54, 1.807) is 0 Å². The highest BCUT2D eigenvalue weighted by molar-refractivity contribution is 7.93. The second kappa shape index (κ2) is 6.40. The number of benzene rings is 2. The zero-order valence-electron chi connectivity index (χ0n) is 12.7. The number of halogens is 3. The van der Waals surface area contributed by atoms with Gasteiger partial charge in [0.2, 0.25) is 10.0 Å². The summed E-state index contributed by atoms with van der Waals surface area (Å²) >= 11 is 0. The van der Waals surface area contributed by atoms with Gasteiger partial charge in [-0.2, -0.15) is 0 Å². The van der Waals surface area contributed by atoms with Crippen LogP contribution < -0.4 is 10.0 Å². The third-order valence-corrected chi connectivity index (χ3v) is 5.48. The molecule has 0 spiro atoms. The molecular formula is C16H13F3N2O3S. The topological polar surface area (TPSA) is 75.3 Å². The SMILES string of the molecule is O=C(Nc1ccc(F)c(F)c1)c1cc(NS(=O)(=O)C2CC2)ccc1F. The molecular weight excluding hydrogens is 357 g/mol. The average Bonchev–Trinajstić information content (AvgIpc) is 3.38. The number of anilines is 2. The van der Waals surface area contributed by atoms with Gasteiger partial charge in [0, 0.05) is 17.4 Å². The van der Waals surface area contributed by atoms with Gasteiger partial charge in [-0.25, -0.2) is 21.6 Å². The number of sulfonamides is 1. The van der Waals surface area contributed by atoms with Gasteiger partial charge >= 0.3 is 0 Å². The molecule has 0 bridgehead atoms. The number of nitrogens with one attached hydrogen (secondary N) is 2. The van der Waals surface area contributed by atoms with Crippen molar-refractivity contribution in [1.29, 1.82) is 0 Å². The number of carbonyl (C=O) groups is 1. The van der Waals surface area contributed by atoms with E-state index in [2.05, 4.69) is 10.0 Å². The summed E-state index contributed by atoms with van der Waals surface area (Å²) < 4.78 is 66.1. The minimum absolute atomic E-state index is 0.0451. The molecule has 0 aliphatic heterocycles. The van der Waals surface area contributed by atoms with E-state index in [9.17, 15) is 26.4 Å².